The molecule has 0 heterocycles. The van der Waals surface area contributed by atoms with Crippen LogP contribution in [0.4, 0.5) is 0 Å². The van der Waals surface area contributed by atoms with E-state index in [2.05, 4.69) is 5.32 Å². The van der Waals surface area contributed by atoms with E-state index in [-0.39, 0.29) is 23.8 Å². The Hall–Kier alpha value is -2.24. The van der Waals surface area contributed by atoms with Crippen LogP contribution in [0.1, 0.15) is 30.1 Å². The van der Waals surface area contributed by atoms with E-state index in [9.17, 15) is 9.59 Å². The normalized spacial score (nSPS) is 9.90. The molecule has 110 valence electrons. The Morgan fingerprint density at radius 2 is 2.10 bits per heavy atom. The van der Waals surface area contributed by atoms with Gasteiger partial charge in [-0.25, -0.2) is 4.79 Å². The predicted molar refractivity (Wildman–Crippen MR) is 73.4 cm³/mol. The largest absolute Gasteiger partial charge is 0.497 e. The first-order valence-corrected chi connectivity index (χ1v) is 6.39. The smallest absolute Gasteiger partial charge is 0.339 e. The van der Waals surface area contributed by atoms with Gasteiger partial charge in [0.1, 0.15) is 17.1 Å². The summed E-state index contributed by atoms with van der Waals surface area (Å²) in [6, 6.07) is 4.35. The first kappa shape index (κ1) is 15.8. The van der Waals surface area contributed by atoms with Gasteiger partial charge in [0, 0.05) is 12.6 Å². The molecular formula is C14H19NO5. The zero-order chi connectivity index (χ0) is 15.0. The van der Waals surface area contributed by atoms with Crippen molar-refractivity contribution in [3.05, 3.63) is 23.8 Å². The van der Waals surface area contributed by atoms with Gasteiger partial charge in [0.05, 0.1) is 7.11 Å². The number of carboxylic acid groups (broad SMARTS) is 1. The summed E-state index contributed by atoms with van der Waals surface area (Å²) in [4.78, 5) is 22.6. The molecule has 0 spiro atoms. The SMILES string of the molecule is CCCCNC(=O)COc1cc(OC)ccc1C(=O)O. The molecule has 20 heavy (non-hydrogen) atoms. The van der Waals surface area contributed by atoms with Crippen LogP contribution in [0.15, 0.2) is 18.2 Å². The lowest BCUT2D eigenvalue weighted by Gasteiger charge is -2.10. The second-order valence-corrected chi connectivity index (χ2v) is 4.16. The van der Waals surface area contributed by atoms with Crippen LogP contribution in [0, 0.1) is 0 Å². The highest BCUT2D eigenvalue weighted by molar-refractivity contribution is 5.91. The van der Waals surface area contributed by atoms with Gasteiger partial charge >= 0.3 is 5.97 Å². The Kier molecular flexibility index (Phi) is 6.36. The zero-order valence-corrected chi connectivity index (χ0v) is 11.6. The van der Waals surface area contributed by atoms with Gasteiger partial charge in [-0.2, -0.15) is 0 Å². The molecule has 0 radical (unpaired) electrons. The van der Waals surface area contributed by atoms with Crippen molar-refractivity contribution < 1.29 is 24.2 Å². The molecule has 0 aliphatic rings. The van der Waals surface area contributed by atoms with E-state index in [1.165, 1.54) is 25.3 Å². The Morgan fingerprint density at radius 1 is 1.35 bits per heavy atom. The molecule has 2 N–H and O–H groups in total. The van der Waals surface area contributed by atoms with Crippen molar-refractivity contribution in [1.82, 2.24) is 5.32 Å². The van der Waals surface area contributed by atoms with E-state index in [1.807, 2.05) is 6.92 Å². The third-order valence-corrected chi connectivity index (χ3v) is 2.63. The summed E-state index contributed by atoms with van der Waals surface area (Å²) < 4.78 is 10.3. The van der Waals surface area contributed by atoms with E-state index >= 15 is 0 Å². The number of hydrogen-bond donors (Lipinski definition) is 2. The topological polar surface area (TPSA) is 84.9 Å². The van der Waals surface area contributed by atoms with Crippen LogP contribution >= 0.6 is 0 Å². The van der Waals surface area contributed by atoms with Crippen LogP contribution in [0.5, 0.6) is 11.5 Å². The van der Waals surface area contributed by atoms with Crippen molar-refractivity contribution in [2.24, 2.45) is 0 Å². The summed E-state index contributed by atoms with van der Waals surface area (Å²) in [5.74, 6) is -0.814. The minimum atomic E-state index is -1.12. The van der Waals surface area contributed by atoms with Crippen molar-refractivity contribution in [3.8, 4) is 11.5 Å². The molecule has 6 nitrogen and oxygen atoms in total. The predicted octanol–water partition coefficient (Wildman–Crippen LogP) is 1.69. The molecular weight excluding hydrogens is 262 g/mol. The van der Waals surface area contributed by atoms with E-state index in [0.717, 1.165) is 12.8 Å². The highest BCUT2D eigenvalue weighted by Gasteiger charge is 2.13. The number of carboxylic acids is 1. The summed E-state index contributed by atoms with van der Waals surface area (Å²) >= 11 is 0. The molecule has 0 saturated heterocycles. The third kappa shape index (κ3) is 4.79. The molecule has 6 heteroatoms. The van der Waals surface area contributed by atoms with Crippen LogP contribution in [-0.2, 0) is 4.79 Å². The number of unbranched alkanes of at least 4 members (excludes halogenated alkanes) is 1. The number of hydrogen-bond acceptors (Lipinski definition) is 4. The summed E-state index contributed by atoms with van der Waals surface area (Å²) in [5.41, 5.74) is -0.00726. The summed E-state index contributed by atoms with van der Waals surface area (Å²) in [5, 5.41) is 11.7. The number of rotatable bonds is 8. The molecule has 1 aromatic carbocycles. The van der Waals surface area contributed by atoms with Gasteiger partial charge in [-0.3, -0.25) is 4.79 Å². The summed E-state index contributed by atoms with van der Waals surface area (Å²) in [7, 11) is 1.47. The molecule has 1 aromatic rings. The molecule has 0 bridgehead atoms. The monoisotopic (exact) mass is 281 g/mol. The standard InChI is InChI=1S/C14H19NO5/c1-3-4-7-15-13(16)9-20-12-8-10(19-2)5-6-11(12)14(17)18/h5-6,8H,3-4,7,9H2,1-2H3,(H,15,16)(H,17,18). The number of carbonyl (C=O) groups is 2. The van der Waals surface area contributed by atoms with E-state index < -0.39 is 5.97 Å². The molecule has 0 aliphatic heterocycles. The molecule has 1 rings (SSSR count). The maximum Gasteiger partial charge on any atom is 0.339 e. The van der Waals surface area contributed by atoms with Crippen molar-refractivity contribution in [2.75, 3.05) is 20.3 Å². The third-order valence-electron chi connectivity index (χ3n) is 2.63. The summed E-state index contributed by atoms with van der Waals surface area (Å²) in [6.45, 7) is 2.39. The minimum Gasteiger partial charge on any atom is -0.497 e. The van der Waals surface area contributed by atoms with Gasteiger partial charge < -0.3 is 19.9 Å². The van der Waals surface area contributed by atoms with Crippen molar-refractivity contribution >= 4 is 11.9 Å². The average Bonchev–Trinajstić information content (AvgIpc) is 2.44. The van der Waals surface area contributed by atoms with Crippen LogP contribution < -0.4 is 14.8 Å². The first-order valence-electron chi connectivity index (χ1n) is 6.39. The number of aromatic carboxylic acids is 1. The summed E-state index contributed by atoms with van der Waals surface area (Å²) in [6.07, 6.45) is 1.88. The molecule has 0 fully saturated rings. The van der Waals surface area contributed by atoms with Crippen LogP contribution in [0.2, 0.25) is 0 Å². The van der Waals surface area contributed by atoms with E-state index in [1.54, 1.807) is 0 Å². The van der Waals surface area contributed by atoms with Gasteiger partial charge in [-0.05, 0) is 18.6 Å². The number of carbonyl (C=O) groups excluding carboxylic acids is 1. The number of benzene rings is 1. The van der Waals surface area contributed by atoms with Crippen molar-refractivity contribution in [1.29, 1.82) is 0 Å². The zero-order valence-electron chi connectivity index (χ0n) is 11.6. The Bertz CT molecular complexity index is 473. The lowest BCUT2D eigenvalue weighted by Crippen LogP contribution is -2.29. The van der Waals surface area contributed by atoms with Gasteiger partial charge in [0.15, 0.2) is 6.61 Å². The lowest BCUT2D eigenvalue weighted by atomic mass is 10.2. The fourth-order valence-electron chi connectivity index (χ4n) is 1.52. The maximum atomic E-state index is 11.5. The highest BCUT2D eigenvalue weighted by atomic mass is 16.5. The Labute approximate surface area is 117 Å². The van der Waals surface area contributed by atoms with Crippen LogP contribution in [0.25, 0.3) is 0 Å². The van der Waals surface area contributed by atoms with Crippen LogP contribution in [0.3, 0.4) is 0 Å². The second kappa shape index (κ2) is 8.04. The number of methoxy groups -OCH3 is 1. The van der Waals surface area contributed by atoms with E-state index in [4.69, 9.17) is 14.6 Å². The molecule has 0 aliphatic carbocycles. The molecule has 0 aromatic heterocycles. The number of ether oxygens (including phenoxy) is 2. The van der Waals surface area contributed by atoms with Gasteiger partial charge in [0.2, 0.25) is 0 Å². The van der Waals surface area contributed by atoms with Crippen molar-refractivity contribution in [3.63, 3.8) is 0 Å². The quantitative estimate of drug-likeness (QED) is 0.708. The Morgan fingerprint density at radius 3 is 2.70 bits per heavy atom. The Balaban J connectivity index is 2.65. The molecule has 0 unspecified atom stereocenters. The minimum absolute atomic E-state index is 0.00726. The van der Waals surface area contributed by atoms with Crippen molar-refractivity contribution in [2.45, 2.75) is 19.8 Å². The number of amides is 1. The number of nitrogens with one attached hydrogen (secondary N) is 1. The molecule has 1 amide bonds. The molecule has 0 atom stereocenters. The van der Waals surface area contributed by atoms with Gasteiger partial charge in [-0.15, -0.1) is 0 Å². The highest BCUT2D eigenvalue weighted by Crippen LogP contribution is 2.24. The first-order chi connectivity index (χ1) is 9.58. The fraction of sp³-hybridized carbons (Fsp3) is 0.429. The van der Waals surface area contributed by atoms with Crippen LogP contribution in [-0.4, -0.2) is 37.2 Å². The van der Waals surface area contributed by atoms with E-state index in [0.29, 0.717) is 12.3 Å². The lowest BCUT2D eigenvalue weighted by molar-refractivity contribution is -0.123. The van der Waals surface area contributed by atoms with Gasteiger partial charge in [0.25, 0.3) is 5.91 Å². The molecule has 0 saturated carbocycles. The van der Waals surface area contributed by atoms with Gasteiger partial charge in [-0.1, -0.05) is 13.3 Å². The fourth-order valence-corrected chi connectivity index (χ4v) is 1.52. The average molecular weight is 281 g/mol. The second-order valence-electron chi connectivity index (χ2n) is 4.16. The maximum absolute atomic E-state index is 11.5.